The lowest BCUT2D eigenvalue weighted by molar-refractivity contribution is -0.0479. The summed E-state index contributed by atoms with van der Waals surface area (Å²) in [6.07, 6.45) is -0.431. The number of ether oxygens (including phenoxy) is 2. The van der Waals surface area contributed by atoms with Crippen molar-refractivity contribution in [2.45, 2.75) is 39.3 Å². The molecule has 3 N–H and O–H groups in total. The monoisotopic (exact) mass is 404 g/mol. The zero-order chi connectivity index (χ0) is 20.2. The Labute approximate surface area is 157 Å². The number of carbonyl (C=O) groups is 1. The molecular formula is C16H25N2O8P. The third kappa shape index (κ3) is 4.72. The fraction of sp³-hybridized carbons (Fsp3) is 0.562. The van der Waals surface area contributed by atoms with Crippen LogP contribution in [0.25, 0.3) is 0 Å². The number of aliphatic hydroxyl groups excluding tert-OH is 2. The van der Waals surface area contributed by atoms with Crippen LogP contribution in [0.5, 0.6) is 0 Å². The van der Waals surface area contributed by atoms with Crippen LogP contribution < -0.4 is 5.32 Å². The molecule has 0 aromatic heterocycles. The number of aliphatic hydroxyl groups is 2. The van der Waals surface area contributed by atoms with Gasteiger partial charge in [-0.05, 0) is 26.8 Å². The van der Waals surface area contributed by atoms with Gasteiger partial charge < -0.3 is 34.1 Å². The molecule has 2 aliphatic heterocycles. The van der Waals surface area contributed by atoms with Gasteiger partial charge >= 0.3 is 13.6 Å². The zero-order valence-corrected chi connectivity index (χ0v) is 16.5. The lowest BCUT2D eigenvalue weighted by atomic mass is 10.2. The van der Waals surface area contributed by atoms with Gasteiger partial charge in [-0.1, -0.05) is 0 Å². The first-order valence-electron chi connectivity index (χ1n) is 8.42. The molecule has 0 spiro atoms. The number of hydrogen-bond donors (Lipinski definition) is 3. The van der Waals surface area contributed by atoms with Crippen LogP contribution in [0.1, 0.15) is 20.8 Å². The van der Waals surface area contributed by atoms with E-state index in [0.29, 0.717) is 5.57 Å². The summed E-state index contributed by atoms with van der Waals surface area (Å²) in [6, 6.07) is -0.623. The van der Waals surface area contributed by atoms with E-state index in [-0.39, 0.29) is 24.7 Å². The Morgan fingerprint density at radius 3 is 2.56 bits per heavy atom. The third-order valence-corrected chi connectivity index (χ3v) is 5.73. The van der Waals surface area contributed by atoms with Crippen molar-refractivity contribution in [1.82, 2.24) is 10.2 Å². The Kier molecular flexibility index (Phi) is 7.07. The highest BCUT2D eigenvalue weighted by molar-refractivity contribution is 7.57. The Balaban J connectivity index is 2.30. The molecule has 0 aromatic carbocycles. The number of hydrogen-bond acceptors (Lipinski definition) is 8. The van der Waals surface area contributed by atoms with E-state index in [0.717, 1.165) is 4.90 Å². The Hall–Kier alpha value is -1.84. The molecule has 2 unspecified atom stereocenters. The molecule has 2 amide bonds. The average molecular weight is 404 g/mol. The number of nitrogens with zero attached hydrogens (tertiary/aromatic N) is 1. The molecule has 152 valence electrons. The van der Waals surface area contributed by atoms with Crippen molar-refractivity contribution >= 4 is 13.6 Å². The maximum absolute atomic E-state index is 12.7. The molecule has 3 atom stereocenters. The molecule has 0 bridgehead atoms. The number of allylic oxidation sites excluding steroid dienone is 1. The van der Waals surface area contributed by atoms with E-state index < -0.39 is 32.2 Å². The highest BCUT2D eigenvalue weighted by Crippen LogP contribution is 2.51. The van der Waals surface area contributed by atoms with Gasteiger partial charge in [0.15, 0.2) is 17.6 Å². The van der Waals surface area contributed by atoms with Gasteiger partial charge in [0.2, 0.25) is 6.23 Å². The molecule has 0 saturated carbocycles. The van der Waals surface area contributed by atoms with Crippen LogP contribution in [0, 0.1) is 0 Å². The van der Waals surface area contributed by atoms with Crippen molar-refractivity contribution in [2.75, 3.05) is 20.3 Å². The van der Waals surface area contributed by atoms with E-state index in [1.165, 1.54) is 25.2 Å². The largest absolute Gasteiger partial charge is 0.506 e. The van der Waals surface area contributed by atoms with E-state index in [2.05, 4.69) is 5.32 Å². The predicted octanol–water partition coefficient (Wildman–Crippen LogP) is 2.15. The number of rotatable bonds is 8. The topological polar surface area (TPSA) is 127 Å². The molecular weight excluding hydrogens is 379 g/mol. The minimum atomic E-state index is -3.52. The fourth-order valence-corrected chi connectivity index (χ4v) is 4.23. The van der Waals surface area contributed by atoms with E-state index >= 15 is 0 Å². The molecule has 27 heavy (non-hydrogen) atoms. The Bertz CT molecular complexity index is 695. The van der Waals surface area contributed by atoms with Crippen LogP contribution in [-0.4, -0.2) is 60.0 Å². The van der Waals surface area contributed by atoms with Crippen molar-refractivity contribution in [2.24, 2.45) is 0 Å². The van der Waals surface area contributed by atoms with Gasteiger partial charge in [-0.3, -0.25) is 9.46 Å². The molecule has 2 heterocycles. The van der Waals surface area contributed by atoms with E-state index in [1.54, 1.807) is 20.8 Å². The molecule has 2 rings (SSSR count). The summed E-state index contributed by atoms with van der Waals surface area (Å²) in [7, 11) is -2.17. The molecule has 0 aromatic rings. The molecule has 0 aliphatic carbocycles. The van der Waals surface area contributed by atoms with E-state index in [9.17, 15) is 19.6 Å². The minimum Gasteiger partial charge on any atom is -0.506 e. The summed E-state index contributed by atoms with van der Waals surface area (Å²) < 4.78 is 34.1. The molecule has 11 heteroatoms. The normalized spacial score (nSPS) is 26.4. The SMILES string of the molecule is CCOP(=O)(/C=C(\C)C1=C(O)C(OC)[C@H](N2C=CC(O)NC2=O)O1)OCC. The molecule has 2 aliphatic rings. The standard InChI is InChI=1S/C16H25N2O8P/c1-5-24-27(22,25-6-2)9-10(3)13-12(20)14(23-4)15(26-13)18-8-7-11(19)17-16(18)21/h7-9,11,14-15,19-20H,5-6H2,1-4H3,(H,17,21)/b10-9+/t11?,14?,15-/m1/s1. The number of amides is 2. The number of methoxy groups -OCH3 is 1. The first-order valence-corrected chi connectivity index (χ1v) is 10.0. The zero-order valence-electron chi connectivity index (χ0n) is 15.6. The van der Waals surface area contributed by atoms with Crippen molar-refractivity contribution in [3.05, 3.63) is 35.2 Å². The molecule has 10 nitrogen and oxygen atoms in total. The Morgan fingerprint density at radius 1 is 1.41 bits per heavy atom. The van der Waals surface area contributed by atoms with Gasteiger partial charge in [-0.2, -0.15) is 0 Å². The first-order chi connectivity index (χ1) is 12.8. The lowest BCUT2D eigenvalue weighted by Gasteiger charge is -2.32. The summed E-state index contributed by atoms with van der Waals surface area (Å²) >= 11 is 0. The van der Waals surface area contributed by atoms with E-state index in [4.69, 9.17) is 18.5 Å². The summed E-state index contributed by atoms with van der Waals surface area (Å²) in [5.41, 5.74) is 0.309. The average Bonchev–Trinajstić information content (AvgIpc) is 2.91. The smallest absolute Gasteiger partial charge is 0.354 e. The first kappa shape index (κ1) is 21.5. The van der Waals surface area contributed by atoms with E-state index in [1.807, 2.05) is 0 Å². The van der Waals surface area contributed by atoms with Crippen molar-refractivity contribution in [3.8, 4) is 0 Å². The maximum atomic E-state index is 12.7. The number of carbonyl (C=O) groups excluding carboxylic acids is 1. The number of nitrogens with one attached hydrogen (secondary N) is 1. The minimum absolute atomic E-state index is 0.0128. The van der Waals surface area contributed by atoms with Gasteiger partial charge in [0.05, 0.1) is 13.2 Å². The molecule has 0 saturated heterocycles. The highest BCUT2D eigenvalue weighted by Gasteiger charge is 2.44. The van der Waals surface area contributed by atoms with Gasteiger partial charge in [-0.25, -0.2) is 4.79 Å². The lowest BCUT2D eigenvalue weighted by Crippen LogP contribution is -2.52. The van der Waals surface area contributed by atoms with Crippen LogP contribution in [0.4, 0.5) is 4.79 Å². The summed E-state index contributed by atoms with van der Waals surface area (Å²) in [5.74, 6) is 1.01. The Morgan fingerprint density at radius 2 is 2.04 bits per heavy atom. The van der Waals surface area contributed by atoms with Crippen LogP contribution in [0.2, 0.25) is 0 Å². The third-order valence-electron chi connectivity index (χ3n) is 3.79. The quantitative estimate of drug-likeness (QED) is 0.525. The second kappa shape index (κ2) is 8.90. The van der Waals surface area contributed by atoms with Gasteiger partial charge in [0, 0.05) is 24.7 Å². The second-order valence-electron chi connectivity index (χ2n) is 5.71. The number of urea groups is 1. The second-order valence-corrected chi connectivity index (χ2v) is 7.56. The fourth-order valence-electron chi connectivity index (χ4n) is 2.69. The summed E-state index contributed by atoms with van der Waals surface area (Å²) in [6.45, 7) is 5.30. The highest BCUT2D eigenvalue weighted by atomic mass is 31.2. The van der Waals surface area contributed by atoms with Crippen molar-refractivity contribution in [1.29, 1.82) is 0 Å². The predicted molar refractivity (Wildman–Crippen MR) is 95.5 cm³/mol. The summed E-state index contributed by atoms with van der Waals surface area (Å²) in [5, 5.41) is 22.2. The van der Waals surface area contributed by atoms with Crippen LogP contribution in [0.15, 0.2) is 35.2 Å². The van der Waals surface area contributed by atoms with Crippen LogP contribution >= 0.6 is 7.60 Å². The van der Waals surface area contributed by atoms with Gasteiger partial charge in [0.25, 0.3) is 0 Å². The van der Waals surface area contributed by atoms with Gasteiger partial charge in [0.1, 0.15) is 6.23 Å². The van der Waals surface area contributed by atoms with Gasteiger partial charge in [-0.15, -0.1) is 0 Å². The van der Waals surface area contributed by atoms with Crippen LogP contribution in [0.3, 0.4) is 0 Å². The summed E-state index contributed by atoms with van der Waals surface area (Å²) in [4.78, 5) is 13.2. The maximum Gasteiger partial charge on any atom is 0.354 e. The molecule has 0 radical (unpaired) electrons. The van der Waals surface area contributed by atoms with Crippen LogP contribution in [-0.2, 0) is 23.1 Å². The van der Waals surface area contributed by atoms with Crippen molar-refractivity contribution in [3.63, 3.8) is 0 Å². The van der Waals surface area contributed by atoms with Crippen molar-refractivity contribution < 1.29 is 38.1 Å². The molecule has 0 fully saturated rings.